The first kappa shape index (κ1) is 15.4. The number of hydrogen-bond donors (Lipinski definition) is 1. The fraction of sp³-hybridized carbons (Fsp3) is 0.500. The van der Waals surface area contributed by atoms with E-state index in [0.29, 0.717) is 46.5 Å². The van der Waals surface area contributed by atoms with Gasteiger partial charge in [0.1, 0.15) is 0 Å². The number of nitrogens with zero attached hydrogens (tertiary/aromatic N) is 2. The molecule has 1 fully saturated rings. The Labute approximate surface area is 129 Å². The van der Waals surface area contributed by atoms with E-state index in [4.69, 9.17) is 28.9 Å². The van der Waals surface area contributed by atoms with Crippen molar-refractivity contribution in [3.63, 3.8) is 0 Å². The van der Waals surface area contributed by atoms with Gasteiger partial charge in [0.15, 0.2) is 0 Å². The van der Waals surface area contributed by atoms with Crippen molar-refractivity contribution in [1.29, 1.82) is 0 Å². The van der Waals surface area contributed by atoms with Crippen LogP contribution in [0.5, 0.6) is 0 Å². The summed E-state index contributed by atoms with van der Waals surface area (Å²) in [6, 6.07) is 3.81. The van der Waals surface area contributed by atoms with Crippen LogP contribution in [0.4, 0.5) is 5.69 Å². The molecule has 20 heavy (non-hydrogen) atoms. The van der Waals surface area contributed by atoms with Gasteiger partial charge >= 0.3 is 0 Å². The van der Waals surface area contributed by atoms with Gasteiger partial charge in [-0.3, -0.25) is 9.69 Å². The minimum Gasteiger partial charge on any atom is -0.397 e. The summed E-state index contributed by atoms with van der Waals surface area (Å²) in [6.45, 7) is 5.61. The summed E-state index contributed by atoms with van der Waals surface area (Å²) in [6.07, 6.45) is 0. The molecule has 0 aliphatic carbocycles. The fourth-order valence-corrected chi connectivity index (χ4v) is 2.82. The van der Waals surface area contributed by atoms with Crippen LogP contribution in [0.3, 0.4) is 0 Å². The van der Waals surface area contributed by atoms with Crippen molar-refractivity contribution < 1.29 is 4.79 Å². The molecule has 0 radical (unpaired) electrons. The van der Waals surface area contributed by atoms with Gasteiger partial charge in [-0.25, -0.2) is 0 Å². The maximum atomic E-state index is 12.6. The second-order valence-corrected chi connectivity index (χ2v) is 6.22. The minimum absolute atomic E-state index is 0.0536. The zero-order valence-electron chi connectivity index (χ0n) is 11.9. The first-order valence-electron chi connectivity index (χ1n) is 6.57. The van der Waals surface area contributed by atoms with Crippen LogP contribution in [0.1, 0.15) is 24.2 Å². The van der Waals surface area contributed by atoms with Gasteiger partial charge in [0.2, 0.25) is 0 Å². The van der Waals surface area contributed by atoms with Gasteiger partial charge in [-0.1, -0.05) is 23.2 Å². The Morgan fingerprint density at radius 1 is 1.25 bits per heavy atom. The maximum absolute atomic E-state index is 12.6. The minimum atomic E-state index is -0.0536. The second-order valence-electron chi connectivity index (χ2n) is 5.43. The molecule has 0 aromatic heterocycles. The van der Waals surface area contributed by atoms with Gasteiger partial charge in [-0.15, -0.1) is 0 Å². The molecule has 1 saturated heterocycles. The smallest absolute Gasteiger partial charge is 0.254 e. The van der Waals surface area contributed by atoms with Crippen molar-refractivity contribution in [3.8, 4) is 0 Å². The predicted octanol–water partition coefficient (Wildman–Crippen LogP) is 2.74. The summed E-state index contributed by atoms with van der Waals surface area (Å²) in [5, 5.41) is 0.605. The van der Waals surface area contributed by atoms with Gasteiger partial charge in [0, 0.05) is 30.7 Å². The van der Waals surface area contributed by atoms with Crippen LogP contribution in [-0.4, -0.2) is 47.9 Å². The number of nitrogens with two attached hydrogens (primary N) is 1. The lowest BCUT2D eigenvalue weighted by Gasteiger charge is -2.42. The standard InChI is InChI=1S/C14H19Cl2N3O/c1-8-6-19(7-9(2)18(8)3)14(20)10-4-11(15)13(16)12(17)5-10/h4-5,8-9H,6-7,17H2,1-3H3. The average Bonchev–Trinajstić information content (AvgIpc) is 2.40. The van der Waals surface area contributed by atoms with E-state index in [0.717, 1.165) is 0 Å². The van der Waals surface area contributed by atoms with Gasteiger partial charge in [0.25, 0.3) is 5.91 Å². The monoisotopic (exact) mass is 315 g/mol. The molecule has 0 bridgehead atoms. The molecule has 0 spiro atoms. The van der Waals surface area contributed by atoms with Gasteiger partial charge in [-0.05, 0) is 33.0 Å². The number of piperazine rings is 1. The first-order chi connectivity index (χ1) is 9.31. The Morgan fingerprint density at radius 3 is 2.30 bits per heavy atom. The Bertz CT molecular complexity index is 500. The summed E-state index contributed by atoms with van der Waals surface area (Å²) in [5.41, 5.74) is 6.59. The van der Waals surface area contributed by atoms with Crippen molar-refractivity contribution in [2.75, 3.05) is 25.9 Å². The topological polar surface area (TPSA) is 49.6 Å². The van der Waals surface area contributed by atoms with Crippen LogP contribution in [0.15, 0.2) is 12.1 Å². The summed E-state index contributed by atoms with van der Waals surface area (Å²) in [7, 11) is 2.08. The number of rotatable bonds is 1. The fourth-order valence-electron chi connectivity index (χ4n) is 2.49. The zero-order chi connectivity index (χ0) is 15.0. The van der Waals surface area contributed by atoms with Crippen molar-refractivity contribution in [1.82, 2.24) is 9.80 Å². The molecule has 1 aromatic carbocycles. The summed E-state index contributed by atoms with van der Waals surface area (Å²) < 4.78 is 0. The molecule has 2 unspecified atom stereocenters. The Morgan fingerprint density at radius 2 is 1.80 bits per heavy atom. The van der Waals surface area contributed by atoms with E-state index >= 15 is 0 Å². The lowest BCUT2D eigenvalue weighted by molar-refractivity contribution is 0.0414. The highest BCUT2D eigenvalue weighted by Crippen LogP contribution is 2.30. The third-order valence-electron chi connectivity index (χ3n) is 3.95. The number of likely N-dealkylation sites (N-methyl/N-ethyl adjacent to an activating group) is 1. The third-order valence-corrected chi connectivity index (χ3v) is 4.77. The SMILES string of the molecule is CC1CN(C(=O)c2cc(N)c(Cl)c(Cl)c2)CC(C)N1C. The lowest BCUT2D eigenvalue weighted by atomic mass is 10.1. The predicted molar refractivity (Wildman–Crippen MR) is 83.5 cm³/mol. The number of benzene rings is 1. The maximum Gasteiger partial charge on any atom is 0.254 e. The van der Waals surface area contributed by atoms with E-state index in [1.165, 1.54) is 0 Å². The molecular formula is C14H19Cl2N3O. The van der Waals surface area contributed by atoms with Crippen molar-refractivity contribution >= 4 is 34.8 Å². The molecule has 6 heteroatoms. The molecule has 4 nitrogen and oxygen atoms in total. The zero-order valence-corrected chi connectivity index (χ0v) is 13.4. The lowest BCUT2D eigenvalue weighted by Crippen LogP contribution is -2.56. The number of nitrogen functional groups attached to an aromatic ring is 1. The molecule has 1 heterocycles. The van der Waals surface area contributed by atoms with E-state index in [2.05, 4.69) is 25.8 Å². The molecule has 1 aromatic rings. The summed E-state index contributed by atoms with van der Waals surface area (Å²) in [4.78, 5) is 16.7. The largest absolute Gasteiger partial charge is 0.397 e. The van der Waals surface area contributed by atoms with Crippen LogP contribution in [0.2, 0.25) is 10.0 Å². The molecule has 2 rings (SSSR count). The van der Waals surface area contributed by atoms with Crippen LogP contribution in [0, 0.1) is 0 Å². The van der Waals surface area contributed by atoms with E-state index in [9.17, 15) is 4.79 Å². The van der Waals surface area contributed by atoms with Gasteiger partial charge in [0.05, 0.1) is 15.7 Å². The van der Waals surface area contributed by atoms with E-state index < -0.39 is 0 Å². The van der Waals surface area contributed by atoms with Crippen LogP contribution in [-0.2, 0) is 0 Å². The highest BCUT2D eigenvalue weighted by molar-refractivity contribution is 6.43. The van der Waals surface area contributed by atoms with Crippen molar-refractivity contribution in [2.45, 2.75) is 25.9 Å². The Kier molecular flexibility index (Phi) is 4.47. The number of amides is 1. The molecule has 1 amide bonds. The highest BCUT2D eigenvalue weighted by Gasteiger charge is 2.30. The Hall–Kier alpha value is -0.970. The average molecular weight is 316 g/mol. The second kappa shape index (κ2) is 5.80. The number of anilines is 1. The molecule has 2 N–H and O–H groups in total. The number of carbonyl (C=O) groups is 1. The van der Waals surface area contributed by atoms with Crippen LogP contribution in [0.25, 0.3) is 0 Å². The highest BCUT2D eigenvalue weighted by atomic mass is 35.5. The van der Waals surface area contributed by atoms with Crippen LogP contribution < -0.4 is 5.73 Å². The Balaban J connectivity index is 2.24. The first-order valence-corrected chi connectivity index (χ1v) is 7.32. The van der Waals surface area contributed by atoms with Crippen molar-refractivity contribution in [2.24, 2.45) is 0 Å². The van der Waals surface area contributed by atoms with E-state index in [1.807, 2.05) is 4.90 Å². The van der Waals surface area contributed by atoms with Crippen molar-refractivity contribution in [3.05, 3.63) is 27.7 Å². The summed E-state index contributed by atoms with van der Waals surface area (Å²) >= 11 is 11.9. The van der Waals surface area contributed by atoms with Crippen LogP contribution >= 0.6 is 23.2 Å². The third kappa shape index (κ3) is 2.87. The van der Waals surface area contributed by atoms with E-state index in [-0.39, 0.29) is 5.91 Å². The molecular weight excluding hydrogens is 297 g/mol. The normalized spacial score (nSPS) is 23.9. The quantitative estimate of drug-likeness (QED) is 0.811. The number of halogens is 2. The molecule has 2 atom stereocenters. The molecule has 110 valence electrons. The molecule has 1 aliphatic rings. The number of hydrogen-bond acceptors (Lipinski definition) is 3. The molecule has 0 saturated carbocycles. The molecule has 1 aliphatic heterocycles. The number of carbonyl (C=O) groups excluding carboxylic acids is 1. The van der Waals surface area contributed by atoms with E-state index in [1.54, 1.807) is 12.1 Å². The summed E-state index contributed by atoms with van der Waals surface area (Å²) in [5.74, 6) is -0.0536. The van der Waals surface area contributed by atoms with Gasteiger partial charge < -0.3 is 10.6 Å². The van der Waals surface area contributed by atoms with Gasteiger partial charge in [-0.2, -0.15) is 0 Å².